The van der Waals surface area contributed by atoms with E-state index in [1.54, 1.807) is 14.2 Å². The Morgan fingerprint density at radius 2 is 1.41 bits per heavy atom. The van der Waals surface area contributed by atoms with Crippen molar-refractivity contribution in [3.05, 3.63) is 54.1 Å². The number of hydrogen-bond acceptors (Lipinski definition) is 5. The molecule has 1 saturated heterocycles. The summed E-state index contributed by atoms with van der Waals surface area (Å²) in [5, 5.41) is 4.17. The zero-order chi connectivity index (χ0) is 20.5. The SMILES string of the molecule is COc1ccc(CNC(=S)N2CCN(CCOc3ccc(OC)cc3)CC2)cc1. The minimum atomic E-state index is 0.673. The highest BCUT2D eigenvalue weighted by atomic mass is 32.1. The lowest BCUT2D eigenvalue weighted by Crippen LogP contribution is -2.52. The Hall–Kier alpha value is -2.51. The van der Waals surface area contributed by atoms with Crippen molar-refractivity contribution in [2.75, 3.05) is 53.6 Å². The summed E-state index contributed by atoms with van der Waals surface area (Å²) in [4.78, 5) is 4.64. The topological polar surface area (TPSA) is 46.2 Å². The normalized spacial score (nSPS) is 14.3. The highest BCUT2D eigenvalue weighted by Crippen LogP contribution is 2.17. The van der Waals surface area contributed by atoms with E-state index in [1.165, 1.54) is 5.56 Å². The van der Waals surface area contributed by atoms with Gasteiger partial charge in [0.2, 0.25) is 0 Å². The molecule has 1 heterocycles. The quantitative estimate of drug-likeness (QED) is 0.665. The lowest BCUT2D eigenvalue weighted by molar-refractivity contribution is 0.153. The Bertz CT molecular complexity index is 760. The molecule has 0 spiro atoms. The van der Waals surface area contributed by atoms with E-state index in [9.17, 15) is 0 Å². The minimum Gasteiger partial charge on any atom is -0.497 e. The van der Waals surface area contributed by atoms with Gasteiger partial charge in [-0.15, -0.1) is 0 Å². The molecule has 1 fully saturated rings. The van der Waals surface area contributed by atoms with Gasteiger partial charge in [0.25, 0.3) is 0 Å². The maximum atomic E-state index is 5.83. The third-order valence-corrected chi connectivity index (χ3v) is 5.40. The molecule has 6 nitrogen and oxygen atoms in total. The summed E-state index contributed by atoms with van der Waals surface area (Å²) in [6.07, 6.45) is 0. The summed E-state index contributed by atoms with van der Waals surface area (Å²) < 4.78 is 16.2. The van der Waals surface area contributed by atoms with E-state index in [1.807, 2.05) is 36.4 Å². The predicted molar refractivity (Wildman–Crippen MR) is 119 cm³/mol. The van der Waals surface area contributed by atoms with Crippen LogP contribution in [0.5, 0.6) is 17.2 Å². The molecule has 1 aliphatic heterocycles. The van der Waals surface area contributed by atoms with Gasteiger partial charge in [-0.25, -0.2) is 0 Å². The molecule has 2 aromatic carbocycles. The van der Waals surface area contributed by atoms with Crippen molar-refractivity contribution in [2.24, 2.45) is 0 Å². The molecule has 0 atom stereocenters. The second-order valence-corrected chi connectivity index (χ2v) is 7.25. The van der Waals surface area contributed by atoms with Crippen molar-refractivity contribution in [3.8, 4) is 17.2 Å². The number of benzene rings is 2. The van der Waals surface area contributed by atoms with Crippen molar-refractivity contribution in [1.82, 2.24) is 15.1 Å². The first-order valence-electron chi connectivity index (χ1n) is 9.83. The van der Waals surface area contributed by atoms with Crippen molar-refractivity contribution >= 4 is 17.3 Å². The van der Waals surface area contributed by atoms with Gasteiger partial charge in [0.15, 0.2) is 5.11 Å². The fraction of sp³-hybridized carbons (Fsp3) is 0.409. The second kappa shape index (κ2) is 10.9. The fourth-order valence-electron chi connectivity index (χ4n) is 3.17. The van der Waals surface area contributed by atoms with Gasteiger partial charge in [0, 0.05) is 39.3 Å². The van der Waals surface area contributed by atoms with Gasteiger partial charge in [-0.1, -0.05) is 12.1 Å². The molecular weight excluding hydrogens is 386 g/mol. The lowest BCUT2D eigenvalue weighted by Gasteiger charge is -2.36. The third kappa shape index (κ3) is 6.51. The molecule has 0 saturated carbocycles. The molecule has 2 aromatic rings. The molecule has 1 N–H and O–H groups in total. The van der Waals surface area contributed by atoms with Crippen LogP contribution in [0, 0.1) is 0 Å². The van der Waals surface area contributed by atoms with Crippen molar-refractivity contribution in [1.29, 1.82) is 0 Å². The molecule has 29 heavy (non-hydrogen) atoms. The second-order valence-electron chi connectivity index (χ2n) is 6.86. The van der Waals surface area contributed by atoms with Crippen LogP contribution < -0.4 is 19.5 Å². The molecule has 156 valence electrons. The van der Waals surface area contributed by atoms with E-state index in [-0.39, 0.29) is 0 Å². The molecule has 0 amide bonds. The van der Waals surface area contributed by atoms with Crippen molar-refractivity contribution in [2.45, 2.75) is 6.54 Å². The number of nitrogens with one attached hydrogen (secondary N) is 1. The van der Waals surface area contributed by atoms with Gasteiger partial charge in [0.1, 0.15) is 23.9 Å². The molecule has 7 heteroatoms. The smallest absolute Gasteiger partial charge is 0.169 e. The first-order chi connectivity index (χ1) is 14.2. The largest absolute Gasteiger partial charge is 0.497 e. The Balaban J connectivity index is 1.33. The summed E-state index contributed by atoms with van der Waals surface area (Å²) in [7, 11) is 3.34. The average molecular weight is 416 g/mol. The zero-order valence-corrected chi connectivity index (χ0v) is 17.9. The van der Waals surface area contributed by atoms with Crippen LogP contribution >= 0.6 is 12.2 Å². The lowest BCUT2D eigenvalue weighted by atomic mass is 10.2. The number of hydrogen-bond donors (Lipinski definition) is 1. The van der Waals surface area contributed by atoms with Crippen LogP contribution in [0.4, 0.5) is 0 Å². The Morgan fingerprint density at radius 3 is 2.00 bits per heavy atom. The molecule has 0 bridgehead atoms. The van der Waals surface area contributed by atoms with Gasteiger partial charge >= 0.3 is 0 Å². The number of nitrogens with zero attached hydrogens (tertiary/aromatic N) is 2. The zero-order valence-electron chi connectivity index (χ0n) is 17.1. The molecule has 0 radical (unpaired) electrons. The summed E-state index contributed by atoms with van der Waals surface area (Å²) in [5.41, 5.74) is 1.18. The van der Waals surface area contributed by atoms with E-state index in [0.29, 0.717) is 6.61 Å². The Labute approximate surface area is 178 Å². The van der Waals surface area contributed by atoms with Crippen LogP contribution in [-0.2, 0) is 6.54 Å². The van der Waals surface area contributed by atoms with Crippen LogP contribution in [-0.4, -0.2) is 68.5 Å². The maximum Gasteiger partial charge on any atom is 0.169 e. The van der Waals surface area contributed by atoms with E-state index < -0.39 is 0 Å². The van der Waals surface area contributed by atoms with Gasteiger partial charge in [0.05, 0.1) is 14.2 Å². The summed E-state index contributed by atoms with van der Waals surface area (Å²) in [6.45, 7) is 6.12. The van der Waals surface area contributed by atoms with E-state index in [2.05, 4.69) is 27.2 Å². The molecule has 1 aliphatic rings. The number of thiocarbonyl (C=S) groups is 1. The van der Waals surface area contributed by atoms with Crippen LogP contribution in [0.1, 0.15) is 5.56 Å². The van der Waals surface area contributed by atoms with Gasteiger partial charge < -0.3 is 24.4 Å². The number of rotatable bonds is 8. The summed E-state index contributed by atoms with van der Waals surface area (Å²) in [6, 6.07) is 15.7. The van der Waals surface area contributed by atoms with Crippen LogP contribution in [0.2, 0.25) is 0 Å². The van der Waals surface area contributed by atoms with Crippen LogP contribution in [0.15, 0.2) is 48.5 Å². The first kappa shape index (κ1) is 21.2. The third-order valence-electron chi connectivity index (χ3n) is 5.00. The molecule has 3 rings (SSSR count). The predicted octanol–water partition coefficient (Wildman–Crippen LogP) is 2.77. The van der Waals surface area contributed by atoms with Gasteiger partial charge in [-0.05, 0) is 54.2 Å². The highest BCUT2D eigenvalue weighted by molar-refractivity contribution is 7.80. The standard InChI is InChI=1S/C22H29N3O3S/c1-26-19-5-3-18(4-6-19)17-23-22(29)25-13-11-24(12-14-25)15-16-28-21-9-7-20(27-2)8-10-21/h3-10H,11-17H2,1-2H3,(H,23,29). The van der Waals surface area contributed by atoms with Crippen molar-refractivity contribution < 1.29 is 14.2 Å². The number of methoxy groups -OCH3 is 2. The minimum absolute atomic E-state index is 0.673. The van der Waals surface area contributed by atoms with E-state index in [0.717, 1.165) is 61.6 Å². The molecule has 0 unspecified atom stereocenters. The van der Waals surface area contributed by atoms with Crippen molar-refractivity contribution in [3.63, 3.8) is 0 Å². The Kier molecular flexibility index (Phi) is 7.95. The summed E-state index contributed by atoms with van der Waals surface area (Å²) >= 11 is 5.57. The first-order valence-corrected chi connectivity index (χ1v) is 10.2. The van der Waals surface area contributed by atoms with Gasteiger partial charge in [-0.2, -0.15) is 0 Å². The summed E-state index contributed by atoms with van der Waals surface area (Å²) in [5.74, 6) is 2.57. The number of piperazine rings is 1. The maximum absolute atomic E-state index is 5.83. The fourth-order valence-corrected chi connectivity index (χ4v) is 3.43. The average Bonchev–Trinajstić information content (AvgIpc) is 2.78. The molecule has 0 aliphatic carbocycles. The van der Waals surface area contributed by atoms with Gasteiger partial charge in [-0.3, -0.25) is 4.90 Å². The number of ether oxygens (including phenoxy) is 3. The van der Waals surface area contributed by atoms with E-state index >= 15 is 0 Å². The molecule has 0 aromatic heterocycles. The monoisotopic (exact) mass is 415 g/mol. The van der Waals surface area contributed by atoms with Crippen LogP contribution in [0.25, 0.3) is 0 Å². The molecular formula is C22H29N3O3S. The highest BCUT2D eigenvalue weighted by Gasteiger charge is 2.18. The van der Waals surface area contributed by atoms with E-state index in [4.69, 9.17) is 26.4 Å². The Morgan fingerprint density at radius 1 is 0.862 bits per heavy atom. The van der Waals surface area contributed by atoms with Crippen LogP contribution in [0.3, 0.4) is 0 Å².